The zero-order valence-electron chi connectivity index (χ0n) is 10.6. The van der Waals surface area contributed by atoms with Crippen LogP contribution >= 0.6 is 11.8 Å². The molecule has 1 atom stereocenters. The maximum Gasteiger partial charge on any atom is 1.00 e. The predicted molar refractivity (Wildman–Crippen MR) is 56.0 cm³/mol. The molecule has 0 aromatic heterocycles. The minimum atomic E-state index is -1.53. The molecular weight excluding hydrogens is 280 g/mol. The van der Waals surface area contributed by atoms with E-state index < -0.39 is 23.9 Å². The van der Waals surface area contributed by atoms with Crippen LogP contribution in [0.1, 0.15) is 6.42 Å². The van der Waals surface area contributed by atoms with Crippen LogP contribution < -0.4 is 69.3 Å². The van der Waals surface area contributed by atoms with Gasteiger partial charge in [-0.3, -0.25) is 4.99 Å². The average molecular weight is 291 g/mol. The summed E-state index contributed by atoms with van der Waals surface area (Å²) in [6.45, 7) is 0. The van der Waals surface area contributed by atoms with Gasteiger partial charge in [0.05, 0.1) is 5.97 Å². The maximum atomic E-state index is 11.0. The van der Waals surface area contributed by atoms with Crippen LogP contribution in [0.2, 0.25) is 0 Å². The van der Waals surface area contributed by atoms with E-state index in [1.54, 1.807) is 6.26 Å². The van der Waals surface area contributed by atoms with Gasteiger partial charge in [0.1, 0.15) is 6.04 Å². The number of carbonyl (C=O) groups excluding carboxylic acids is 1. The summed E-state index contributed by atoms with van der Waals surface area (Å²) in [4.78, 5) is 24.0. The maximum absolute atomic E-state index is 11.0. The monoisotopic (exact) mass is 291 g/mol. The number of rotatable bonds is 7. The molecule has 0 aliphatic rings. The molecule has 1 N–H and O–H groups in total. The number of aliphatic carboxylic acids is 2. The van der Waals surface area contributed by atoms with Crippen molar-refractivity contribution in [3.63, 3.8) is 0 Å². The van der Waals surface area contributed by atoms with Crippen LogP contribution in [0.4, 0.5) is 0 Å². The van der Waals surface area contributed by atoms with E-state index in [0.29, 0.717) is 17.9 Å². The van der Waals surface area contributed by atoms with Crippen LogP contribution in [0.25, 0.3) is 0 Å². The van der Waals surface area contributed by atoms with E-state index in [-0.39, 0.29) is 65.5 Å². The SMILES string of the molecule is CSCCC(N=C([O-])/C=C\C(=O)[O-])C(=O)O.[Na+].[Na+]. The van der Waals surface area contributed by atoms with Crippen LogP contribution in [0.5, 0.6) is 0 Å². The van der Waals surface area contributed by atoms with Gasteiger partial charge in [0.2, 0.25) is 0 Å². The summed E-state index contributed by atoms with van der Waals surface area (Å²) in [6, 6.07) is -1.13. The van der Waals surface area contributed by atoms with Crippen molar-refractivity contribution in [1.29, 1.82) is 0 Å². The molecule has 90 valence electrons. The van der Waals surface area contributed by atoms with Gasteiger partial charge in [-0.1, -0.05) is 6.08 Å². The van der Waals surface area contributed by atoms with E-state index in [1.165, 1.54) is 11.8 Å². The molecule has 0 radical (unpaired) electrons. The van der Waals surface area contributed by atoms with Gasteiger partial charge in [-0.05, 0) is 30.4 Å². The Morgan fingerprint density at radius 1 is 1.33 bits per heavy atom. The molecular formula is C9H11NNa2O5S. The topological polar surface area (TPSA) is 113 Å². The van der Waals surface area contributed by atoms with Gasteiger partial charge in [0.25, 0.3) is 0 Å². The second-order valence-corrected chi connectivity index (χ2v) is 3.74. The molecule has 0 aromatic rings. The van der Waals surface area contributed by atoms with Crippen molar-refractivity contribution in [3.05, 3.63) is 12.2 Å². The Morgan fingerprint density at radius 2 is 1.89 bits per heavy atom. The fraction of sp³-hybridized carbons (Fsp3) is 0.444. The fourth-order valence-electron chi connectivity index (χ4n) is 0.809. The molecule has 18 heavy (non-hydrogen) atoms. The van der Waals surface area contributed by atoms with E-state index in [4.69, 9.17) is 5.11 Å². The summed E-state index contributed by atoms with van der Waals surface area (Å²) >= 11 is 1.44. The Bertz CT molecular complexity index is 322. The number of carboxylic acids is 2. The molecule has 0 heterocycles. The minimum absolute atomic E-state index is 0. The molecule has 0 aliphatic carbocycles. The number of aliphatic imine (C=N–C) groups is 1. The molecule has 0 spiro atoms. The molecule has 0 bridgehead atoms. The first-order valence-electron chi connectivity index (χ1n) is 4.33. The summed E-state index contributed by atoms with van der Waals surface area (Å²) < 4.78 is 0. The Hall–Kier alpha value is 0.500. The molecule has 0 saturated heterocycles. The van der Waals surface area contributed by atoms with Crippen molar-refractivity contribution in [2.24, 2.45) is 4.99 Å². The number of hydrogen-bond acceptors (Lipinski definition) is 6. The third-order valence-electron chi connectivity index (χ3n) is 1.53. The molecule has 0 aliphatic heterocycles. The summed E-state index contributed by atoms with van der Waals surface area (Å²) in [5.41, 5.74) is 0. The minimum Gasteiger partial charge on any atom is -0.859 e. The summed E-state index contributed by atoms with van der Waals surface area (Å²) in [5, 5.41) is 29.7. The van der Waals surface area contributed by atoms with E-state index in [9.17, 15) is 19.8 Å². The van der Waals surface area contributed by atoms with Crippen LogP contribution in [0.3, 0.4) is 0 Å². The first kappa shape index (κ1) is 23.6. The first-order valence-corrected chi connectivity index (χ1v) is 5.72. The van der Waals surface area contributed by atoms with Gasteiger partial charge in [0.15, 0.2) is 0 Å². The third kappa shape index (κ3) is 12.9. The van der Waals surface area contributed by atoms with Gasteiger partial charge in [0, 0.05) is 0 Å². The molecule has 6 nitrogen and oxygen atoms in total. The van der Waals surface area contributed by atoms with Crippen LogP contribution in [0.15, 0.2) is 17.1 Å². The number of carbonyl (C=O) groups is 2. The van der Waals surface area contributed by atoms with E-state index in [1.807, 2.05) is 0 Å². The van der Waals surface area contributed by atoms with Gasteiger partial charge in [-0.2, -0.15) is 11.8 Å². The van der Waals surface area contributed by atoms with E-state index >= 15 is 0 Å². The van der Waals surface area contributed by atoms with Gasteiger partial charge >= 0.3 is 65.1 Å². The standard InChI is InChI=1S/C9H13NO5S.2Na/c1-16-5-4-6(9(14)15)10-7(11)2-3-8(12)13;;/h2-3,6H,4-5H2,1H3,(H,10,11)(H,12,13)(H,14,15);;/q;2*+1/p-2/b3-2-;;. The fourth-order valence-corrected chi connectivity index (χ4v) is 1.27. The number of hydrogen-bond donors (Lipinski definition) is 1. The molecule has 0 aromatic carbocycles. The zero-order valence-corrected chi connectivity index (χ0v) is 15.4. The summed E-state index contributed by atoms with van der Waals surface area (Å²) in [6.07, 6.45) is 3.21. The second-order valence-electron chi connectivity index (χ2n) is 2.76. The molecule has 1 unspecified atom stereocenters. The van der Waals surface area contributed by atoms with Crippen molar-refractivity contribution in [2.45, 2.75) is 12.5 Å². The molecule has 0 rings (SSSR count). The van der Waals surface area contributed by atoms with Crippen molar-refractivity contribution >= 4 is 29.6 Å². The van der Waals surface area contributed by atoms with Gasteiger partial charge in [-0.25, -0.2) is 4.79 Å². The predicted octanol–water partition coefficient (Wildman–Crippen LogP) is -7.73. The van der Waals surface area contributed by atoms with Crippen molar-refractivity contribution in [1.82, 2.24) is 0 Å². The van der Waals surface area contributed by atoms with Crippen molar-refractivity contribution < 1.29 is 84.0 Å². The number of thioether (sulfide) groups is 1. The zero-order chi connectivity index (χ0) is 12.6. The Balaban J connectivity index is -0.00000112. The van der Waals surface area contributed by atoms with E-state index in [2.05, 4.69) is 4.99 Å². The van der Waals surface area contributed by atoms with Crippen molar-refractivity contribution in [3.8, 4) is 0 Å². The molecule has 0 amide bonds. The normalized spacial score (nSPS) is 12.4. The van der Waals surface area contributed by atoms with E-state index in [0.717, 1.165) is 0 Å². The van der Waals surface area contributed by atoms with Crippen molar-refractivity contribution in [2.75, 3.05) is 12.0 Å². The second kappa shape index (κ2) is 13.9. The molecule has 0 saturated carbocycles. The van der Waals surface area contributed by atoms with Gasteiger partial charge < -0.3 is 20.1 Å². The largest absolute Gasteiger partial charge is 1.00 e. The van der Waals surface area contributed by atoms with Crippen LogP contribution in [-0.2, 0) is 9.59 Å². The summed E-state index contributed by atoms with van der Waals surface area (Å²) in [5.74, 6) is -3.07. The Kier molecular flexibility index (Phi) is 18.2. The first-order chi connectivity index (χ1) is 7.47. The third-order valence-corrected chi connectivity index (χ3v) is 2.17. The van der Waals surface area contributed by atoms with Crippen LogP contribution in [-0.4, -0.2) is 41.0 Å². The summed E-state index contributed by atoms with van der Waals surface area (Å²) in [7, 11) is 0. The molecule has 0 fully saturated rings. The molecule has 9 heteroatoms. The van der Waals surface area contributed by atoms with Gasteiger partial charge in [-0.15, -0.1) is 0 Å². The quantitative estimate of drug-likeness (QED) is 0.216. The Morgan fingerprint density at radius 3 is 2.28 bits per heavy atom. The van der Waals surface area contributed by atoms with Crippen LogP contribution in [0, 0.1) is 0 Å². The Labute approximate surface area is 154 Å². The number of carboxylic acid groups (broad SMARTS) is 2. The average Bonchev–Trinajstić information content (AvgIpc) is 2.20. The smallest absolute Gasteiger partial charge is 0.859 e. The number of nitrogens with zero attached hydrogens (tertiary/aromatic N) is 1.